The molecule has 23 heavy (non-hydrogen) atoms. The maximum atomic E-state index is 13.8. The largest absolute Gasteiger partial charge is 0.460 e. The van der Waals surface area contributed by atoms with E-state index in [2.05, 4.69) is 9.47 Å². The highest BCUT2D eigenvalue weighted by atomic mass is 19.4. The van der Waals surface area contributed by atoms with Crippen LogP contribution in [0.3, 0.4) is 0 Å². The minimum absolute atomic E-state index is 0.199. The molecule has 138 valence electrons. The van der Waals surface area contributed by atoms with Crippen molar-refractivity contribution < 1.29 is 54.1 Å². The van der Waals surface area contributed by atoms with Gasteiger partial charge in [0.2, 0.25) is 0 Å². The summed E-state index contributed by atoms with van der Waals surface area (Å²) in [6.45, 7) is 0.453. The maximum absolute atomic E-state index is 13.8. The molecule has 0 amide bonds. The molecule has 0 spiro atoms. The lowest BCUT2D eigenvalue weighted by atomic mass is 9.84. The molecule has 3 atom stereocenters. The third-order valence-electron chi connectivity index (χ3n) is 3.37. The number of hydrogen-bond acceptors (Lipinski definition) is 3. The van der Waals surface area contributed by atoms with Crippen molar-refractivity contribution in [2.75, 3.05) is 13.2 Å². The Balaban J connectivity index is 3.17. The molecular weight excluding hydrogens is 351 g/mol. The zero-order chi connectivity index (χ0) is 18.3. The molecule has 3 nitrogen and oxygen atoms in total. The van der Waals surface area contributed by atoms with Gasteiger partial charge in [0.1, 0.15) is 6.10 Å². The predicted molar refractivity (Wildman–Crippen MR) is 56.4 cm³/mol. The third-order valence-corrected chi connectivity index (χ3v) is 3.37. The number of hydrogen-bond donors (Lipinski definition) is 1. The van der Waals surface area contributed by atoms with Crippen LogP contribution >= 0.6 is 0 Å². The minimum atomic E-state index is -6.98. The average molecular weight is 364 g/mol. The normalized spacial score (nSPS) is 28.0. The van der Waals surface area contributed by atoms with Crippen molar-refractivity contribution in [3.63, 3.8) is 0 Å². The first-order valence-electron chi connectivity index (χ1n) is 6.33. The minimum Gasteiger partial charge on any atom is -0.387 e. The molecule has 1 fully saturated rings. The summed E-state index contributed by atoms with van der Waals surface area (Å²) in [6, 6.07) is 0. The van der Waals surface area contributed by atoms with Gasteiger partial charge < -0.3 is 14.6 Å². The van der Waals surface area contributed by atoms with Crippen molar-refractivity contribution in [2.24, 2.45) is 5.92 Å². The molecule has 1 rings (SSSR count). The summed E-state index contributed by atoms with van der Waals surface area (Å²) in [5.41, 5.74) is 0. The van der Waals surface area contributed by atoms with Gasteiger partial charge in [-0.25, -0.2) is 0 Å². The molecule has 0 bridgehead atoms. The van der Waals surface area contributed by atoms with Gasteiger partial charge in [-0.2, -0.15) is 39.5 Å². The molecule has 0 aliphatic carbocycles. The average Bonchev–Trinajstić information content (AvgIpc) is 2.39. The number of halogens is 9. The molecule has 0 aromatic heterocycles. The molecule has 0 aromatic carbocycles. The van der Waals surface area contributed by atoms with Crippen LogP contribution in [-0.2, 0) is 9.47 Å². The van der Waals surface area contributed by atoms with Crippen LogP contribution in [0, 0.1) is 5.92 Å². The van der Waals surface area contributed by atoms with Crippen molar-refractivity contribution >= 4 is 0 Å². The van der Waals surface area contributed by atoms with Crippen molar-refractivity contribution in [1.29, 1.82) is 0 Å². The molecule has 1 heterocycles. The third kappa shape index (κ3) is 3.25. The van der Waals surface area contributed by atoms with E-state index >= 15 is 0 Å². The van der Waals surface area contributed by atoms with Crippen LogP contribution in [0.4, 0.5) is 39.5 Å². The molecule has 1 saturated heterocycles. The Morgan fingerprint density at radius 3 is 1.96 bits per heavy atom. The molecule has 12 heteroatoms. The summed E-state index contributed by atoms with van der Waals surface area (Å²) in [7, 11) is 0. The van der Waals surface area contributed by atoms with Crippen molar-refractivity contribution in [1.82, 2.24) is 0 Å². The summed E-state index contributed by atoms with van der Waals surface area (Å²) in [5.74, 6) is -22.5. The molecular formula is C11H13F9O3. The summed E-state index contributed by atoms with van der Waals surface area (Å²) < 4.78 is 125. The van der Waals surface area contributed by atoms with E-state index in [0.29, 0.717) is 0 Å². The lowest BCUT2D eigenvalue weighted by molar-refractivity contribution is -0.411. The second-order valence-electron chi connectivity index (χ2n) is 4.85. The summed E-state index contributed by atoms with van der Waals surface area (Å²) in [5, 5.41) is 9.54. The van der Waals surface area contributed by atoms with E-state index < -0.39 is 55.3 Å². The summed E-state index contributed by atoms with van der Waals surface area (Å²) in [4.78, 5) is 0. The molecule has 1 N–H and O–H groups in total. The van der Waals surface area contributed by atoms with E-state index in [1.807, 2.05) is 0 Å². The van der Waals surface area contributed by atoms with Gasteiger partial charge in [-0.15, -0.1) is 0 Å². The molecule has 1 aliphatic rings. The number of aliphatic hydroxyl groups excluding tert-OH is 1. The monoisotopic (exact) mass is 364 g/mol. The Hall–Kier alpha value is -0.750. The number of aliphatic hydroxyl groups is 1. The summed E-state index contributed by atoms with van der Waals surface area (Å²) in [6.07, 6.45) is -12.3. The van der Waals surface area contributed by atoms with E-state index in [0.717, 1.165) is 0 Å². The van der Waals surface area contributed by atoms with E-state index in [-0.39, 0.29) is 6.61 Å². The van der Waals surface area contributed by atoms with Crippen molar-refractivity contribution in [3.05, 3.63) is 0 Å². The zero-order valence-electron chi connectivity index (χ0n) is 11.5. The van der Waals surface area contributed by atoms with Crippen LogP contribution in [0.1, 0.15) is 13.3 Å². The fourth-order valence-electron chi connectivity index (χ4n) is 2.10. The molecule has 1 aliphatic heterocycles. The van der Waals surface area contributed by atoms with E-state index in [4.69, 9.17) is 0 Å². The molecule has 0 aromatic rings. The highest BCUT2D eigenvalue weighted by Crippen LogP contribution is 2.56. The second-order valence-corrected chi connectivity index (χ2v) is 4.85. The Bertz CT molecular complexity index is 408. The van der Waals surface area contributed by atoms with Gasteiger partial charge in [-0.1, -0.05) is 0 Å². The Kier molecular flexibility index (Phi) is 5.54. The van der Waals surface area contributed by atoms with Crippen LogP contribution in [0.15, 0.2) is 0 Å². The van der Waals surface area contributed by atoms with Crippen LogP contribution < -0.4 is 0 Å². The Labute approximate surface area is 124 Å². The lowest BCUT2D eigenvalue weighted by Gasteiger charge is -2.42. The fourth-order valence-corrected chi connectivity index (χ4v) is 2.10. The molecule has 2 unspecified atom stereocenters. The topological polar surface area (TPSA) is 38.7 Å². The van der Waals surface area contributed by atoms with Crippen LogP contribution in [0.5, 0.6) is 0 Å². The first kappa shape index (κ1) is 20.3. The number of ether oxygens (including phenoxy) is 2. The second kappa shape index (κ2) is 6.28. The smallest absolute Gasteiger partial charge is 0.387 e. The van der Waals surface area contributed by atoms with Crippen LogP contribution in [-0.4, -0.2) is 54.7 Å². The summed E-state index contributed by atoms with van der Waals surface area (Å²) >= 11 is 0. The zero-order valence-corrected chi connectivity index (χ0v) is 11.5. The Morgan fingerprint density at radius 2 is 1.52 bits per heavy atom. The van der Waals surface area contributed by atoms with E-state index in [1.165, 1.54) is 6.92 Å². The SMILES string of the molecule is CCO[C@@H]1OCCC(C(F)(F)C(F)(F)C(F)(F)C(F)(F)F)C1O. The quantitative estimate of drug-likeness (QED) is 0.762. The van der Waals surface area contributed by atoms with Gasteiger partial charge in [0, 0.05) is 6.61 Å². The highest BCUT2D eigenvalue weighted by molar-refractivity contribution is 5.05. The van der Waals surface area contributed by atoms with Gasteiger partial charge in [0.05, 0.1) is 12.5 Å². The van der Waals surface area contributed by atoms with E-state index in [1.54, 1.807) is 0 Å². The highest BCUT2D eigenvalue weighted by Gasteiger charge is 2.83. The van der Waals surface area contributed by atoms with Crippen LogP contribution in [0.2, 0.25) is 0 Å². The first-order valence-corrected chi connectivity index (χ1v) is 6.33. The van der Waals surface area contributed by atoms with Crippen molar-refractivity contribution in [3.8, 4) is 0 Å². The van der Waals surface area contributed by atoms with Crippen molar-refractivity contribution in [2.45, 2.75) is 49.7 Å². The van der Waals surface area contributed by atoms with Crippen LogP contribution in [0.25, 0.3) is 0 Å². The Morgan fingerprint density at radius 1 is 1.00 bits per heavy atom. The lowest BCUT2D eigenvalue weighted by Crippen LogP contribution is -2.66. The van der Waals surface area contributed by atoms with Gasteiger partial charge in [0.25, 0.3) is 0 Å². The van der Waals surface area contributed by atoms with Gasteiger partial charge >= 0.3 is 23.9 Å². The predicted octanol–water partition coefficient (Wildman–Crippen LogP) is 3.21. The fraction of sp³-hybridized carbons (Fsp3) is 1.00. The molecule has 0 saturated carbocycles. The van der Waals surface area contributed by atoms with Gasteiger partial charge in [-0.05, 0) is 13.3 Å². The van der Waals surface area contributed by atoms with Gasteiger partial charge in [0.15, 0.2) is 6.29 Å². The maximum Gasteiger partial charge on any atom is 0.460 e. The first-order chi connectivity index (χ1) is 10.2. The number of rotatable bonds is 5. The number of alkyl halides is 9. The molecule has 0 radical (unpaired) electrons. The standard InChI is InChI=1S/C11H13F9O3/c1-2-22-7-6(21)5(3-4-23-7)8(12,13)9(14,15)10(16,17)11(18,19)20/h5-7,21H,2-4H2,1H3/t5?,6?,7-/m1/s1. The van der Waals surface area contributed by atoms with Gasteiger partial charge in [-0.3, -0.25) is 0 Å². The van der Waals surface area contributed by atoms with E-state index in [9.17, 15) is 44.6 Å².